The Bertz CT molecular complexity index is 879. The summed E-state index contributed by atoms with van der Waals surface area (Å²) in [5.74, 6) is 1.88. The summed E-state index contributed by atoms with van der Waals surface area (Å²) in [6.45, 7) is 3.87. The third-order valence-electron chi connectivity index (χ3n) is 4.44. The summed E-state index contributed by atoms with van der Waals surface area (Å²) in [4.78, 5) is 15.4. The highest BCUT2D eigenvalue weighted by atomic mass is 16.5. The first-order valence-electron chi connectivity index (χ1n) is 8.99. The van der Waals surface area contributed by atoms with E-state index in [1.807, 2.05) is 42.6 Å². The summed E-state index contributed by atoms with van der Waals surface area (Å²) < 4.78 is 5.39. The normalized spacial score (nSPS) is 14.1. The van der Waals surface area contributed by atoms with Crippen LogP contribution in [0.3, 0.4) is 0 Å². The second-order valence-corrected chi connectivity index (χ2v) is 6.34. The number of ether oxygens (including phenoxy) is 1. The first kappa shape index (κ1) is 17.2. The topological polar surface area (TPSA) is 89.2 Å². The van der Waals surface area contributed by atoms with Crippen LogP contribution in [-0.4, -0.2) is 41.3 Å². The molecule has 1 aromatic carbocycles. The van der Waals surface area contributed by atoms with E-state index in [-0.39, 0.29) is 5.95 Å². The van der Waals surface area contributed by atoms with Crippen molar-refractivity contribution in [2.75, 3.05) is 42.3 Å². The van der Waals surface area contributed by atoms with E-state index in [9.17, 15) is 0 Å². The summed E-state index contributed by atoms with van der Waals surface area (Å²) in [6, 6.07) is 16.1. The zero-order valence-electron chi connectivity index (χ0n) is 15.0. The van der Waals surface area contributed by atoms with Gasteiger partial charge in [0.25, 0.3) is 0 Å². The molecule has 1 aliphatic rings. The molecule has 0 unspecified atom stereocenters. The van der Waals surface area contributed by atoms with Gasteiger partial charge >= 0.3 is 0 Å². The molecule has 1 saturated heterocycles. The van der Waals surface area contributed by atoms with E-state index in [0.717, 1.165) is 43.4 Å². The van der Waals surface area contributed by atoms with Crippen LogP contribution in [-0.2, 0) is 11.3 Å². The van der Waals surface area contributed by atoms with Crippen LogP contribution in [0.15, 0.2) is 54.7 Å². The van der Waals surface area contributed by atoms with E-state index in [1.165, 1.54) is 5.56 Å². The summed E-state index contributed by atoms with van der Waals surface area (Å²) in [6.07, 6.45) is 1.83. The predicted molar refractivity (Wildman–Crippen MR) is 106 cm³/mol. The molecular formula is C20H22N6O. The molecule has 0 aliphatic carbocycles. The predicted octanol–water partition coefficient (Wildman–Crippen LogP) is 2.57. The maximum atomic E-state index is 5.91. The van der Waals surface area contributed by atoms with Crippen LogP contribution in [0.4, 0.5) is 17.6 Å². The quantitative estimate of drug-likeness (QED) is 0.721. The highest BCUT2D eigenvalue weighted by molar-refractivity contribution is 5.64. The van der Waals surface area contributed by atoms with Crippen molar-refractivity contribution in [3.8, 4) is 11.3 Å². The molecule has 2 aromatic heterocycles. The molecule has 7 nitrogen and oxygen atoms in total. The Hall–Kier alpha value is -3.19. The van der Waals surface area contributed by atoms with Crippen molar-refractivity contribution in [1.29, 1.82) is 0 Å². The van der Waals surface area contributed by atoms with Gasteiger partial charge in [0.1, 0.15) is 11.6 Å². The molecule has 0 saturated carbocycles. The molecule has 1 aliphatic heterocycles. The van der Waals surface area contributed by atoms with Gasteiger partial charge in [-0.3, -0.25) is 0 Å². The van der Waals surface area contributed by atoms with Gasteiger partial charge in [-0.1, -0.05) is 30.3 Å². The van der Waals surface area contributed by atoms with Crippen LogP contribution in [0.2, 0.25) is 0 Å². The number of morpholine rings is 1. The molecule has 0 bridgehead atoms. The van der Waals surface area contributed by atoms with E-state index < -0.39 is 0 Å². The molecule has 27 heavy (non-hydrogen) atoms. The Morgan fingerprint density at radius 2 is 1.85 bits per heavy atom. The number of hydrogen-bond donors (Lipinski definition) is 2. The lowest BCUT2D eigenvalue weighted by molar-refractivity contribution is 0.122. The maximum absolute atomic E-state index is 5.91. The first-order chi connectivity index (χ1) is 13.3. The molecule has 0 amide bonds. The van der Waals surface area contributed by atoms with Gasteiger partial charge in [0, 0.05) is 37.5 Å². The molecule has 0 atom stereocenters. The minimum Gasteiger partial charge on any atom is -0.378 e. The van der Waals surface area contributed by atoms with Crippen LogP contribution >= 0.6 is 0 Å². The molecule has 3 aromatic rings. The molecule has 4 rings (SSSR count). The lowest BCUT2D eigenvalue weighted by Gasteiger charge is -2.27. The van der Waals surface area contributed by atoms with Gasteiger partial charge in [-0.2, -0.15) is 4.98 Å². The molecule has 0 spiro atoms. The second kappa shape index (κ2) is 8.01. The van der Waals surface area contributed by atoms with E-state index >= 15 is 0 Å². The number of nitrogen functional groups attached to an aromatic ring is 1. The zero-order chi connectivity index (χ0) is 18.5. The maximum Gasteiger partial charge on any atom is 0.222 e. The van der Waals surface area contributed by atoms with Crippen molar-refractivity contribution in [2.45, 2.75) is 6.54 Å². The Balaban J connectivity index is 1.50. The van der Waals surface area contributed by atoms with Gasteiger partial charge < -0.3 is 20.7 Å². The zero-order valence-corrected chi connectivity index (χ0v) is 15.0. The Kier molecular flexibility index (Phi) is 5.11. The third-order valence-corrected chi connectivity index (χ3v) is 4.44. The van der Waals surface area contributed by atoms with E-state index in [2.05, 4.69) is 37.3 Å². The third kappa shape index (κ3) is 4.32. The van der Waals surface area contributed by atoms with Crippen LogP contribution < -0.4 is 16.0 Å². The number of nitrogens with one attached hydrogen (secondary N) is 1. The van der Waals surface area contributed by atoms with Crippen molar-refractivity contribution < 1.29 is 4.74 Å². The average Bonchev–Trinajstić information content (AvgIpc) is 2.73. The van der Waals surface area contributed by atoms with Gasteiger partial charge in [-0.05, 0) is 17.7 Å². The number of hydrogen-bond acceptors (Lipinski definition) is 7. The summed E-state index contributed by atoms with van der Waals surface area (Å²) in [5.41, 5.74) is 8.74. The van der Waals surface area contributed by atoms with Gasteiger partial charge in [-0.25, -0.2) is 9.97 Å². The van der Waals surface area contributed by atoms with Gasteiger partial charge in [-0.15, -0.1) is 0 Å². The lowest BCUT2D eigenvalue weighted by atomic mass is 10.2. The van der Waals surface area contributed by atoms with Crippen molar-refractivity contribution >= 4 is 17.6 Å². The smallest absolute Gasteiger partial charge is 0.222 e. The van der Waals surface area contributed by atoms with Gasteiger partial charge in [0.2, 0.25) is 5.95 Å². The molecule has 1 fully saturated rings. The van der Waals surface area contributed by atoms with E-state index in [0.29, 0.717) is 12.4 Å². The number of pyridine rings is 1. The van der Waals surface area contributed by atoms with Gasteiger partial charge in [0.15, 0.2) is 0 Å². The van der Waals surface area contributed by atoms with E-state index in [1.54, 1.807) is 0 Å². The minimum absolute atomic E-state index is 0.236. The average molecular weight is 362 g/mol. The van der Waals surface area contributed by atoms with Crippen molar-refractivity contribution in [3.63, 3.8) is 0 Å². The molecule has 7 heteroatoms. The molecule has 0 radical (unpaired) electrons. The van der Waals surface area contributed by atoms with Gasteiger partial charge in [0.05, 0.1) is 18.9 Å². The Morgan fingerprint density at radius 3 is 2.59 bits per heavy atom. The summed E-state index contributed by atoms with van der Waals surface area (Å²) in [7, 11) is 0. The molecular weight excluding hydrogens is 340 g/mol. The molecule has 138 valence electrons. The minimum atomic E-state index is 0.236. The lowest BCUT2D eigenvalue weighted by Crippen LogP contribution is -2.36. The Labute approximate surface area is 158 Å². The fourth-order valence-corrected chi connectivity index (χ4v) is 3.01. The number of aromatic nitrogens is 3. The summed E-state index contributed by atoms with van der Waals surface area (Å²) in [5, 5.41) is 3.30. The van der Waals surface area contributed by atoms with Crippen LogP contribution in [0.5, 0.6) is 0 Å². The van der Waals surface area contributed by atoms with Crippen LogP contribution in [0.25, 0.3) is 11.3 Å². The molecule has 3 heterocycles. The first-order valence-corrected chi connectivity index (χ1v) is 8.99. The van der Waals surface area contributed by atoms with Crippen molar-refractivity contribution in [2.24, 2.45) is 0 Å². The highest BCUT2D eigenvalue weighted by Crippen LogP contribution is 2.23. The van der Waals surface area contributed by atoms with E-state index in [4.69, 9.17) is 10.5 Å². The Morgan fingerprint density at radius 1 is 1.04 bits per heavy atom. The number of anilines is 3. The van der Waals surface area contributed by atoms with Crippen LogP contribution in [0, 0.1) is 0 Å². The fourth-order valence-electron chi connectivity index (χ4n) is 3.01. The fraction of sp³-hybridized carbons (Fsp3) is 0.250. The summed E-state index contributed by atoms with van der Waals surface area (Å²) >= 11 is 0. The monoisotopic (exact) mass is 362 g/mol. The second-order valence-electron chi connectivity index (χ2n) is 6.34. The largest absolute Gasteiger partial charge is 0.378 e. The standard InChI is InChI=1S/C20H22N6O/c21-20-24-17(12-18(25-20)22-13-15-4-2-1-3-5-15)16-6-7-19(23-14-16)26-8-10-27-11-9-26/h1-7,12,14H,8-11,13H2,(H3,21,22,24,25). The number of nitrogens with two attached hydrogens (primary N) is 1. The number of rotatable bonds is 5. The number of nitrogens with zero attached hydrogens (tertiary/aromatic N) is 4. The van der Waals surface area contributed by atoms with Crippen molar-refractivity contribution in [3.05, 3.63) is 60.3 Å². The molecule has 3 N–H and O–H groups in total. The van der Waals surface area contributed by atoms with Crippen LogP contribution in [0.1, 0.15) is 5.56 Å². The highest BCUT2D eigenvalue weighted by Gasteiger charge is 2.13. The van der Waals surface area contributed by atoms with Crippen molar-refractivity contribution in [1.82, 2.24) is 15.0 Å². The SMILES string of the molecule is Nc1nc(NCc2ccccc2)cc(-c2ccc(N3CCOCC3)nc2)n1. The number of benzene rings is 1.